The van der Waals surface area contributed by atoms with Crippen LogP contribution >= 0.6 is 0 Å². The van der Waals surface area contributed by atoms with Crippen molar-refractivity contribution in [1.29, 1.82) is 0 Å². The number of aliphatic carboxylic acids is 1. The van der Waals surface area contributed by atoms with Gasteiger partial charge in [0.05, 0.1) is 0 Å². The Kier molecular flexibility index (Phi) is 4.26. The van der Waals surface area contributed by atoms with Crippen LogP contribution in [-0.2, 0) is 20.5 Å². The number of hydrogen-bond acceptors (Lipinski definition) is 3. The van der Waals surface area contributed by atoms with Gasteiger partial charge in [0.25, 0.3) is 0 Å². The van der Waals surface area contributed by atoms with Gasteiger partial charge in [-0.15, -0.1) is 0 Å². The van der Waals surface area contributed by atoms with Crippen molar-refractivity contribution in [1.82, 2.24) is 5.32 Å². The van der Waals surface area contributed by atoms with Gasteiger partial charge in [0.15, 0.2) is 5.54 Å². The average Bonchev–Trinajstić information content (AvgIpc) is 2.48. The summed E-state index contributed by atoms with van der Waals surface area (Å²) in [6, 6.07) is 7.35. The van der Waals surface area contributed by atoms with Crippen molar-refractivity contribution in [3.63, 3.8) is 0 Å². The number of fused-ring (bicyclic) bond motifs is 1. The molecule has 0 spiro atoms. The summed E-state index contributed by atoms with van der Waals surface area (Å²) in [7, 11) is 0. The van der Waals surface area contributed by atoms with Crippen LogP contribution in [-0.4, -0.2) is 23.8 Å². The number of amides is 1. The van der Waals surface area contributed by atoms with E-state index in [1.54, 1.807) is 12.1 Å². The number of rotatable bonds is 4. The molecule has 0 saturated carbocycles. The lowest BCUT2D eigenvalue weighted by molar-refractivity contribution is -0.146. The van der Waals surface area contributed by atoms with Crippen LogP contribution in [0.2, 0.25) is 0 Å². The van der Waals surface area contributed by atoms with Gasteiger partial charge in [-0.2, -0.15) is 0 Å². The Morgan fingerprint density at radius 2 is 1.95 bits per heavy atom. The van der Waals surface area contributed by atoms with E-state index in [-0.39, 0.29) is 12.0 Å². The lowest BCUT2D eigenvalue weighted by Gasteiger charge is -2.42. The lowest BCUT2D eigenvalue weighted by Crippen LogP contribution is -2.55. The van der Waals surface area contributed by atoms with E-state index in [4.69, 9.17) is 4.74 Å². The smallest absolute Gasteiger partial charge is 0.408 e. The molecule has 2 rings (SSSR count). The first-order chi connectivity index (χ1) is 10.3. The monoisotopic (exact) mass is 303 g/mol. The second-order valence-corrected chi connectivity index (χ2v) is 6.15. The van der Waals surface area contributed by atoms with Crippen LogP contribution in [0.3, 0.4) is 0 Å². The highest BCUT2D eigenvalue weighted by Crippen LogP contribution is 2.44. The SMILES string of the molecule is C=CCOC(=O)NC1(C(=O)O)CCC(C)(C)c2ccccc21. The number of carbonyl (C=O) groups is 2. The minimum absolute atomic E-state index is 0.0364. The lowest BCUT2D eigenvalue weighted by atomic mass is 9.65. The van der Waals surface area contributed by atoms with Crippen molar-refractivity contribution in [3.05, 3.63) is 48.0 Å². The minimum Gasteiger partial charge on any atom is -0.479 e. The highest BCUT2D eigenvalue weighted by molar-refractivity contribution is 5.87. The van der Waals surface area contributed by atoms with E-state index in [1.165, 1.54) is 6.08 Å². The molecule has 1 atom stereocenters. The molecule has 0 aliphatic heterocycles. The molecule has 1 aromatic carbocycles. The number of alkyl carbamates (subject to hydrolysis) is 1. The summed E-state index contributed by atoms with van der Waals surface area (Å²) in [5.41, 5.74) is -0.0333. The summed E-state index contributed by atoms with van der Waals surface area (Å²) < 4.78 is 4.90. The van der Waals surface area contributed by atoms with Crippen LogP contribution in [0.5, 0.6) is 0 Å². The standard InChI is InChI=1S/C17H21NO4/c1-4-11-22-15(21)18-17(14(19)20)10-9-16(2,3)12-7-5-6-8-13(12)17/h4-8H,1,9-11H2,2-3H3,(H,18,21)(H,19,20). The molecular formula is C17H21NO4. The third kappa shape index (κ3) is 2.71. The molecule has 0 radical (unpaired) electrons. The topological polar surface area (TPSA) is 75.6 Å². The second-order valence-electron chi connectivity index (χ2n) is 6.15. The van der Waals surface area contributed by atoms with E-state index < -0.39 is 17.6 Å². The molecule has 0 heterocycles. The largest absolute Gasteiger partial charge is 0.479 e. The Balaban J connectivity index is 2.46. The second kappa shape index (κ2) is 5.83. The fourth-order valence-electron chi connectivity index (χ4n) is 2.97. The molecular weight excluding hydrogens is 282 g/mol. The summed E-state index contributed by atoms with van der Waals surface area (Å²) >= 11 is 0. The predicted octanol–water partition coefficient (Wildman–Crippen LogP) is 2.95. The zero-order valence-electron chi connectivity index (χ0n) is 12.9. The van der Waals surface area contributed by atoms with Crippen molar-refractivity contribution in [2.45, 2.75) is 37.6 Å². The number of nitrogens with one attached hydrogen (secondary N) is 1. The summed E-state index contributed by atoms with van der Waals surface area (Å²) in [4.78, 5) is 23.9. The molecule has 22 heavy (non-hydrogen) atoms. The first-order valence-corrected chi connectivity index (χ1v) is 7.23. The number of carbonyl (C=O) groups excluding carboxylic acids is 1. The van der Waals surface area contributed by atoms with Crippen molar-refractivity contribution >= 4 is 12.1 Å². The number of ether oxygens (including phenoxy) is 1. The van der Waals surface area contributed by atoms with Crippen molar-refractivity contribution in [2.24, 2.45) is 0 Å². The molecule has 0 bridgehead atoms. The van der Waals surface area contributed by atoms with E-state index in [2.05, 4.69) is 25.7 Å². The van der Waals surface area contributed by atoms with Gasteiger partial charge in [0, 0.05) is 0 Å². The molecule has 1 aromatic rings. The van der Waals surface area contributed by atoms with E-state index in [9.17, 15) is 14.7 Å². The Hall–Kier alpha value is -2.30. The zero-order chi connectivity index (χ0) is 16.4. The minimum atomic E-state index is -1.45. The average molecular weight is 303 g/mol. The maximum absolute atomic E-state index is 12.0. The first-order valence-electron chi connectivity index (χ1n) is 7.23. The van der Waals surface area contributed by atoms with E-state index in [0.717, 1.165) is 5.56 Å². The first kappa shape index (κ1) is 16.1. The molecule has 5 nitrogen and oxygen atoms in total. The highest BCUT2D eigenvalue weighted by atomic mass is 16.5. The summed E-state index contributed by atoms with van der Waals surface area (Å²) in [6.07, 6.45) is 1.65. The van der Waals surface area contributed by atoms with Crippen LogP contribution in [0.4, 0.5) is 4.79 Å². The molecule has 1 aliphatic carbocycles. The fraction of sp³-hybridized carbons (Fsp3) is 0.412. The van der Waals surface area contributed by atoms with Crippen LogP contribution < -0.4 is 5.32 Å². The van der Waals surface area contributed by atoms with E-state index in [0.29, 0.717) is 18.4 Å². The third-order valence-corrected chi connectivity index (χ3v) is 4.25. The molecule has 5 heteroatoms. The Morgan fingerprint density at radius 1 is 1.32 bits per heavy atom. The predicted molar refractivity (Wildman–Crippen MR) is 82.7 cm³/mol. The van der Waals surface area contributed by atoms with Gasteiger partial charge in [-0.05, 0) is 29.4 Å². The Bertz CT molecular complexity index is 608. The Morgan fingerprint density at radius 3 is 2.55 bits per heavy atom. The van der Waals surface area contributed by atoms with Gasteiger partial charge in [0.1, 0.15) is 6.61 Å². The van der Waals surface area contributed by atoms with E-state index >= 15 is 0 Å². The number of carboxylic acids is 1. The van der Waals surface area contributed by atoms with Crippen molar-refractivity contribution in [3.8, 4) is 0 Å². The quantitative estimate of drug-likeness (QED) is 0.839. The number of hydrogen-bond donors (Lipinski definition) is 2. The van der Waals surface area contributed by atoms with Crippen LogP contribution in [0.1, 0.15) is 37.8 Å². The van der Waals surface area contributed by atoms with Gasteiger partial charge in [0.2, 0.25) is 0 Å². The zero-order valence-corrected chi connectivity index (χ0v) is 12.9. The summed E-state index contributed by atoms with van der Waals surface area (Å²) in [5.74, 6) is -1.08. The molecule has 0 fully saturated rings. The summed E-state index contributed by atoms with van der Waals surface area (Å²) in [5, 5.41) is 12.3. The number of carboxylic acid groups (broad SMARTS) is 1. The molecule has 2 N–H and O–H groups in total. The maximum atomic E-state index is 12.0. The van der Waals surface area contributed by atoms with Crippen molar-refractivity contribution in [2.75, 3.05) is 6.61 Å². The number of benzene rings is 1. The molecule has 0 aromatic heterocycles. The van der Waals surface area contributed by atoms with Crippen LogP contribution in [0.15, 0.2) is 36.9 Å². The summed E-state index contributed by atoms with van der Waals surface area (Å²) in [6.45, 7) is 7.66. The molecule has 0 saturated heterocycles. The van der Waals surface area contributed by atoms with Crippen LogP contribution in [0.25, 0.3) is 0 Å². The normalized spacial score (nSPS) is 22.3. The molecule has 118 valence electrons. The molecule has 1 unspecified atom stereocenters. The third-order valence-electron chi connectivity index (χ3n) is 4.25. The van der Waals surface area contributed by atoms with Gasteiger partial charge in [-0.3, -0.25) is 0 Å². The van der Waals surface area contributed by atoms with E-state index in [1.807, 2.05) is 12.1 Å². The van der Waals surface area contributed by atoms with Gasteiger partial charge in [-0.25, -0.2) is 9.59 Å². The molecule has 1 aliphatic rings. The maximum Gasteiger partial charge on any atom is 0.408 e. The van der Waals surface area contributed by atoms with Crippen molar-refractivity contribution < 1.29 is 19.4 Å². The Labute approximate surface area is 130 Å². The fourth-order valence-corrected chi connectivity index (χ4v) is 2.97. The van der Waals surface area contributed by atoms with Crippen LogP contribution in [0, 0.1) is 0 Å². The van der Waals surface area contributed by atoms with Gasteiger partial charge < -0.3 is 15.2 Å². The highest BCUT2D eigenvalue weighted by Gasteiger charge is 2.49. The molecule has 1 amide bonds. The van der Waals surface area contributed by atoms with Gasteiger partial charge in [-0.1, -0.05) is 50.8 Å². The van der Waals surface area contributed by atoms with Gasteiger partial charge >= 0.3 is 12.1 Å².